The molecule has 6 heteroatoms. The van der Waals surface area contributed by atoms with Gasteiger partial charge in [0.15, 0.2) is 11.3 Å². The van der Waals surface area contributed by atoms with E-state index in [0.29, 0.717) is 35.0 Å². The second kappa shape index (κ2) is 8.46. The van der Waals surface area contributed by atoms with Crippen LogP contribution < -0.4 is 5.56 Å². The molecule has 0 fully saturated rings. The molecule has 0 aliphatic carbocycles. The Morgan fingerprint density at radius 2 is 2.12 bits per heavy atom. The molecular weight excluding hydrogens is 316 g/mol. The Hall–Kier alpha value is -2.63. The number of fused-ring (bicyclic) bond motifs is 1. The van der Waals surface area contributed by atoms with Gasteiger partial charge in [-0.2, -0.15) is 0 Å². The van der Waals surface area contributed by atoms with Crippen LogP contribution in [0.2, 0.25) is 0 Å². The summed E-state index contributed by atoms with van der Waals surface area (Å²) in [5, 5.41) is 4.61. The third-order valence-electron chi connectivity index (χ3n) is 3.75. The fourth-order valence-electron chi connectivity index (χ4n) is 2.65. The highest BCUT2D eigenvalue weighted by molar-refractivity contribution is 5.73. The highest BCUT2D eigenvalue weighted by atomic mass is 16.5. The Balaban J connectivity index is 2.73. The van der Waals surface area contributed by atoms with Gasteiger partial charge in [-0.05, 0) is 32.8 Å². The van der Waals surface area contributed by atoms with Crippen molar-refractivity contribution >= 4 is 11.1 Å². The molecular formula is C19H26N4O2. The summed E-state index contributed by atoms with van der Waals surface area (Å²) < 4.78 is 7.36. The Kier molecular flexibility index (Phi) is 6.33. The molecule has 0 aliphatic heterocycles. The highest BCUT2D eigenvalue weighted by Crippen LogP contribution is 2.19. The first-order valence-electron chi connectivity index (χ1n) is 8.72. The molecule has 134 valence electrons. The third kappa shape index (κ3) is 3.90. The first-order valence-corrected chi connectivity index (χ1v) is 8.72. The van der Waals surface area contributed by atoms with Crippen molar-refractivity contribution in [3.8, 4) is 0 Å². The predicted octanol–water partition coefficient (Wildman–Crippen LogP) is 3.58. The van der Waals surface area contributed by atoms with Crippen molar-refractivity contribution in [3.63, 3.8) is 0 Å². The van der Waals surface area contributed by atoms with E-state index in [-0.39, 0.29) is 5.56 Å². The molecule has 2 rings (SSSR count). The number of aryl methyl sites for hydroxylation is 2. The zero-order valence-electron chi connectivity index (χ0n) is 15.4. The predicted molar refractivity (Wildman–Crippen MR) is 101 cm³/mol. The molecule has 0 aliphatic rings. The van der Waals surface area contributed by atoms with Crippen molar-refractivity contribution < 1.29 is 4.74 Å². The van der Waals surface area contributed by atoms with Gasteiger partial charge in [-0.1, -0.05) is 32.6 Å². The zero-order valence-corrected chi connectivity index (χ0v) is 15.4. The summed E-state index contributed by atoms with van der Waals surface area (Å²) in [5.74, 6) is 1.84. The fourth-order valence-corrected chi connectivity index (χ4v) is 2.65. The number of aromatic nitrogens is 4. The van der Waals surface area contributed by atoms with Gasteiger partial charge in [-0.15, -0.1) is 5.10 Å². The molecule has 0 aromatic carbocycles. The van der Waals surface area contributed by atoms with Crippen LogP contribution in [0, 0.1) is 6.92 Å². The average molecular weight is 342 g/mol. The second-order valence-corrected chi connectivity index (χ2v) is 5.65. The SMILES string of the molecule is C=C/C(=C(\C=C/CC)OCC)c1nn2c(CCC)nc(C)c2c(=O)[nH]1. The first kappa shape index (κ1) is 18.7. The van der Waals surface area contributed by atoms with Gasteiger partial charge in [0.1, 0.15) is 11.6 Å². The number of rotatable bonds is 8. The first-order chi connectivity index (χ1) is 12.1. The maximum absolute atomic E-state index is 12.6. The molecule has 0 atom stereocenters. The standard InChI is InChI=1S/C19H26N4O2/c1-6-10-12-15(25-9-4)14(8-3)18-21-19(24)17-13(5)20-16(11-7-2)23(17)22-18/h8,10,12H,3,6-7,9,11H2,1-2,4-5H3,(H,21,22,24)/b12-10-,15-14-. The maximum Gasteiger partial charge on any atom is 0.277 e. The van der Waals surface area contributed by atoms with Crippen LogP contribution >= 0.6 is 0 Å². The Morgan fingerprint density at radius 3 is 2.72 bits per heavy atom. The lowest BCUT2D eigenvalue weighted by Crippen LogP contribution is -2.17. The lowest BCUT2D eigenvalue weighted by atomic mass is 10.2. The largest absolute Gasteiger partial charge is 0.493 e. The fraction of sp³-hybridized carbons (Fsp3) is 0.421. The molecule has 2 aromatic heterocycles. The average Bonchev–Trinajstić information content (AvgIpc) is 2.90. The molecule has 2 aromatic rings. The van der Waals surface area contributed by atoms with Gasteiger partial charge in [0.25, 0.3) is 5.56 Å². The number of allylic oxidation sites excluding steroid dienone is 4. The van der Waals surface area contributed by atoms with Crippen LogP contribution in [-0.2, 0) is 11.2 Å². The molecule has 0 saturated carbocycles. The molecule has 2 heterocycles. The van der Waals surface area contributed by atoms with Crippen LogP contribution in [0.25, 0.3) is 11.1 Å². The van der Waals surface area contributed by atoms with Crippen LogP contribution in [0.5, 0.6) is 0 Å². The summed E-state index contributed by atoms with van der Waals surface area (Å²) >= 11 is 0. The molecule has 6 nitrogen and oxygen atoms in total. The van der Waals surface area contributed by atoms with Gasteiger partial charge in [-0.25, -0.2) is 9.50 Å². The smallest absolute Gasteiger partial charge is 0.277 e. The van der Waals surface area contributed by atoms with E-state index in [1.54, 1.807) is 10.6 Å². The normalized spacial score (nSPS) is 12.6. The minimum atomic E-state index is -0.216. The number of hydrogen-bond acceptors (Lipinski definition) is 4. The zero-order chi connectivity index (χ0) is 18.4. The quantitative estimate of drug-likeness (QED) is 0.588. The maximum atomic E-state index is 12.6. The Labute approximate surface area is 147 Å². The molecule has 0 spiro atoms. The molecule has 0 bridgehead atoms. The Bertz CT molecular complexity index is 871. The summed E-state index contributed by atoms with van der Waals surface area (Å²) in [4.78, 5) is 19.9. The van der Waals surface area contributed by atoms with Gasteiger partial charge in [0, 0.05) is 6.42 Å². The summed E-state index contributed by atoms with van der Waals surface area (Å²) in [7, 11) is 0. The minimum absolute atomic E-state index is 0.216. The summed E-state index contributed by atoms with van der Waals surface area (Å²) in [6.45, 7) is 12.2. The summed E-state index contributed by atoms with van der Waals surface area (Å²) in [6, 6.07) is 0. The van der Waals surface area contributed by atoms with E-state index >= 15 is 0 Å². The molecule has 1 N–H and O–H groups in total. The lowest BCUT2D eigenvalue weighted by Gasteiger charge is -2.10. The van der Waals surface area contributed by atoms with Crippen molar-refractivity contribution in [2.45, 2.75) is 47.0 Å². The van der Waals surface area contributed by atoms with E-state index in [1.165, 1.54) is 0 Å². The molecule has 0 amide bonds. The third-order valence-corrected chi connectivity index (χ3v) is 3.75. The molecule has 25 heavy (non-hydrogen) atoms. The van der Waals surface area contributed by atoms with Crippen molar-refractivity contribution in [1.29, 1.82) is 0 Å². The number of nitrogens with zero attached hydrogens (tertiary/aromatic N) is 3. The van der Waals surface area contributed by atoms with Crippen LogP contribution in [0.15, 0.2) is 35.4 Å². The number of imidazole rings is 1. The van der Waals surface area contributed by atoms with E-state index in [9.17, 15) is 4.79 Å². The van der Waals surface area contributed by atoms with Gasteiger partial charge in [0.05, 0.1) is 17.9 Å². The van der Waals surface area contributed by atoms with E-state index < -0.39 is 0 Å². The van der Waals surface area contributed by atoms with Crippen LogP contribution in [0.1, 0.15) is 51.0 Å². The van der Waals surface area contributed by atoms with Crippen molar-refractivity contribution in [3.05, 3.63) is 58.3 Å². The lowest BCUT2D eigenvalue weighted by molar-refractivity contribution is 0.244. The topological polar surface area (TPSA) is 72.3 Å². The van der Waals surface area contributed by atoms with Crippen molar-refractivity contribution in [2.24, 2.45) is 0 Å². The van der Waals surface area contributed by atoms with Gasteiger partial charge in [0.2, 0.25) is 0 Å². The van der Waals surface area contributed by atoms with Crippen molar-refractivity contribution in [1.82, 2.24) is 19.6 Å². The van der Waals surface area contributed by atoms with E-state index in [4.69, 9.17) is 4.74 Å². The molecule has 0 saturated heterocycles. The second-order valence-electron chi connectivity index (χ2n) is 5.65. The number of H-pyrrole nitrogens is 1. The number of hydrogen-bond donors (Lipinski definition) is 1. The number of aromatic amines is 1. The van der Waals surface area contributed by atoms with Crippen molar-refractivity contribution in [2.75, 3.05) is 6.61 Å². The van der Waals surface area contributed by atoms with E-state index in [2.05, 4.69) is 28.6 Å². The monoisotopic (exact) mass is 342 g/mol. The van der Waals surface area contributed by atoms with Gasteiger partial charge in [-0.3, -0.25) is 4.79 Å². The summed E-state index contributed by atoms with van der Waals surface area (Å²) in [6.07, 6.45) is 8.09. The van der Waals surface area contributed by atoms with Crippen LogP contribution in [0.4, 0.5) is 0 Å². The minimum Gasteiger partial charge on any atom is -0.493 e. The number of ether oxygens (including phenoxy) is 1. The van der Waals surface area contributed by atoms with E-state index in [0.717, 1.165) is 25.1 Å². The highest BCUT2D eigenvalue weighted by Gasteiger charge is 2.16. The Morgan fingerprint density at radius 1 is 1.36 bits per heavy atom. The van der Waals surface area contributed by atoms with Gasteiger partial charge >= 0.3 is 0 Å². The van der Waals surface area contributed by atoms with Crippen LogP contribution in [0.3, 0.4) is 0 Å². The van der Waals surface area contributed by atoms with E-state index in [1.807, 2.05) is 32.9 Å². The summed E-state index contributed by atoms with van der Waals surface area (Å²) in [5.41, 5.74) is 1.60. The van der Waals surface area contributed by atoms with Gasteiger partial charge < -0.3 is 9.72 Å². The number of nitrogens with one attached hydrogen (secondary N) is 1. The molecule has 0 radical (unpaired) electrons. The molecule has 0 unspecified atom stereocenters. The van der Waals surface area contributed by atoms with Crippen LogP contribution in [-0.4, -0.2) is 26.2 Å².